The fourth-order valence-corrected chi connectivity index (χ4v) is 1.58. The van der Waals surface area contributed by atoms with Gasteiger partial charge in [0.15, 0.2) is 0 Å². The van der Waals surface area contributed by atoms with Crippen molar-refractivity contribution in [3.05, 3.63) is 29.8 Å². The fourth-order valence-electron chi connectivity index (χ4n) is 1.58. The molecule has 0 aromatic heterocycles. The summed E-state index contributed by atoms with van der Waals surface area (Å²) in [6.07, 6.45) is 2.83. The number of hydrogen-bond acceptors (Lipinski definition) is 3. The van der Waals surface area contributed by atoms with Gasteiger partial charge in [0, 0.05) is 5.56 Å². The Balaban J connectivity index is 2.52. The van der Waals surface area contributed by atoms with Gasteiger partial charge in [-0.1, -0.05) is 20.3 Å². The number of amides is 1. The standard InChI is InChI=1S/C15H23NO3/c1-3-5-10-19-14-8-6-12(7-9-14)15(18)16-13(4-2)11-17/h6-9,13,17H,3-5,10-11H2,1-2H3,(H,16,18)/t13-/m1/s1. The summed E-state index contributed by atoms with van der Waals surface area (Å²) in [5.74, 6) is 0.611. The van der Waals surface area contributed by atoms with Crippen LogP contribution in [0.1, 0.15) is 43.5 Å². The Morgan fingerprint density at radius 1 is 1.32 bits per heavy atom. The molecule has 0 aliphatic carbocycles. The molecule has 0 heterocycles. The number of aliphatic hydroxyl groups excluding tert-OH is 1. The largest absolute Gasteiger partial charge is 0.494 e. The monoisotopic (exact) mass is 265 g/mol. The summed E-state index contributed by atoms with van der Waals surface area (Å²) in [6, 6.07) is 6.88. The van der Waals surface area contributed by atoms with E-state index in [9.17, 15) is 4.79 Å². The van der Waals surface area contributed by atoms with E-state index < -0.39 is 0 Å². The Morgan fingerprint density at radius 3 is 2.53 bits per heavy atom. The molecule has 1 rings (SSSR count). The van der Waals surface area contributed by atoms with Gasteiger partial charge in [0.2, 0.25) is 0 Å². The summed E-state index contributed by atoms with van der Waals surface area (Å²) in [7, 11) is 0. The Morgan fingerprint density at radius 2 is 2.00 bits per heavy atom. The molecule has 0 spiro atoms. The molecule has 0 bridgehead atoms. The first-order valence-corrected chi connectivity index (χ1v) is 6.85. The highest BCUT2D eigenvalue weighted by molar-refractivity contribution is 5.94. The van der Waals surface area contributed by atoms with E-state index in [0.717, 1.165) is 18.6 Å². The van der Waals surface area contributed by atoms with Crippen molar-refractivity contribution in [2.45, 2.75) is 39.2 Å². The third-order valence-corrected chi connectivity index (χ3v) is 2.93. The molecule has 0 saturated carbocycles. The van der Waals surface area contributed by atoms with Gasteiger partial charge < -0.3 is 15.2 Å². The molecule has 4 heteroatoms. The van der Waals surface area contributed by atoms with Crippen LogP contribution >= 0.6 is 0 Å². The van der Waals surface area contributed by atoms with Crippen molar-refractivity contribution < 1.29 is 14.6 Å². The summed E-state index contributed by atoms with van der Waals surface area (Å²) in [5, 5.41) is 11.8. The van der Waals surface area contributed by atoms with Gasteiger partial charge in [-0.05, 0) is 37.1 Å². The number of hydrogen-bond donors (Lipinski definition) is 2. The molecular weight excluding hydrogens is 242 g/mol. The number of carbonyl (C=O) groups excluding carboxylic acids is 1. The predicted octanol–water partition coefficient (Wildman–Crippen LogP) is 2.37. The molecule has 1 atom stereocenters. The lowest BCUT2D eigenvalue weighted by Crippen LogP contribution is -2.36. The van der Waals surface area contributed by atoms with Crippen molar-refractivity contribution in [1.82, 2.24) is 5.32 Å². The molecule has 2 N–H and O–H groups in total. The maximum Gasteiger partial charge on any atom is 0.251 e. The van der Waals surface area contributed by atoms with Crippen molar-refractivity contribution in [3.63, 3.8) is 0 Å². The van der Waals surface area contributed by atoms with Gasteiger partial charge in [0.25, 0.3) is 5.91 Å². The molecule has 19 heavy (non-hydrogen) atoms. The molecule has 1 amide bonds. The zero-order chi connectivity index (χ0) is 14.1. The normalized spacial score (nSPS) is 11.9. The lowest BCUT2D eigenvalue weighted by molar-refractivity contribution is 0.0915. The van der Waals surface area contributed by atoms with E-state index >= 15 is 0 Å². The number of rotatable bonds is 8. The lowest BCUT2D eigenvalue weighted by Gasteiger charge is -2.14. The quantitative estimate of drug-likeness (QED) is 0.709. The van der Waals surface area contributed by atoms with Gasteiger partial charge in [-0.2, -0.15) is 0 Å². The second-order valence-corrected chi connectivity index (χ2v) is 4.49. The number of carbonyl (C=O) groups is 1. The van der Waals surface area contributed by atoms with Crippen LogP contribution in [0.5, 0.6) is 5.75 Å². The van der Waals surface area contributed by atoms with Crippen molar-refractivity contribution >= 4 is 5.91 Å². The minimum Gasteiger partial charge on any atom is -0.494 e. The van der Waals surface area contributed by atoms with Crippen LogP contribution in [0.3, 0.4) is 0 Å². The maximum atomic E-state index is 11.9. The van der Waals surface area contributed by atoms with Gasteiger partial charge in [-0.15, -0.1) is 0 Å². The van der Waals surface area contributed by atoms with Crippen LogP contribution in [0.15, 0.2) is 24.3 Å². The van der Waals surface area contributed by atoms with Crippen molar-refractivity contribution in [3.8, 4) is 5.75 Å². The van der Waals surface area contributed by atoms with Crippen LogP contribution in [0.2, 0.25) is 0 Å². The summed E-state index contributed by atoms with van der Waals surface area (Å²) >= 11 is 0. The first-order valence-electron chi connectivity index (χ1n) is 6.85. The SMILES string of the molecule is CCCCOc1ccc(C(=O)N[C@H](CC)CO)cc1. The first kappa shape index (κ1) is 15.5. The van der Waals surface area contributed by atoms with Crippen LogP contribution < -0.4 is 10.1 Å². The topological polar surface area (TPSA) is 58.6 Å². The molecular formula is C15H23NO3. The summed E-state index contributed by atoms with van der Waals surface area (Å²) in [4.78, 5) is 11.9. The number of nitrogens with one attached hydrogen (secondary N) is 1. The number of unbranched alkanes of at least 4 members (excludes halogenated alkanes) is 1. The summed E-state index contributed by atoms with van der Waals surface area (Å²) < 4.78 is 5.53. The molecule has 0 fully saturated rings. The van der Waals surface area contributed by atoms with Crippen molar-refractivity contribution in [2.24, 2.45) is 0 Å². The van der Waals surface area contributed by atoms with Crippen LogP contribution in [-0.2, 0) is 0 Å². The molecule has 0 aliphatic heterocycles. The average Bonchev–Trinajstić information content (AvgIpc) is 2.45. The smallest absolute Gasteiger partial charge is 0.251 e. The molecule has 0 saturated heterocycles. The van der Waals surface area contributed by atoms with E-state index in [0.29, 0.717) is 18.6 Å². The highest BCUT2D eigenvalue weighted by Gasteiger charge is 2.11. The Labute approximate surface area is 114 Å². The maximum absolute atomic E-state index is 11.9. The van der Waals surface area contributed by atoms with Crippen molar-refractivity contribution in [2.75, 3.05) is 13.2 Å². The van der Waals surface area contributed by atoms with Crippen molar-refractivity contribution in [1.29, 1.82) is 0 Å². The number of aliphatic hydroxyl groups is 1. The highest BCUT2D eigenvalue weighted by Crippen LogP contribution is 2.13. The van der Waals surface area contributed by atoms with Gasteiger partial charge in [-0.3, -0.25) is 4.79 Å². The zero-order valence-electron chi connectivity index (χ0n) is 11.7. The summed E-state index contributed by atoms with van der Waals surface area (Å²) in [6.45, 7) is 4.69. The minimum absolute atomic E-state index is 0.0412. The van der Waals surface area contributed by atoms with E-state index in [4.69, 9.17) is 9.84 Å². The average molecular weight is 265 g/mol. The van der Waals surface area contributed by atoms with Crippen LogP contribution in [0.4, 0.5) is 0 Å². The Kier molecular flexibility index (Phi) is 6.97. The van der Waals surface area contributed by atoms with E-state index in [1.807, 2.05) is 6.92 Å². The minimum atomic E-state index is -0.187. The molecule has 0 radical (unpaired) electrons. The molecule has 1 aromatic carbocycles. The molecule has 0 unspecified atom stereocenters. The highest BCUT2D eigenvalue weighted by atomic mass is 16.5. The zero-order valence-corrected chi connectivity index (χ0v) is 11.7. The van der Waals surface area contributed by atoms with E-state index in [2.05, 4.69) is 12.2 Å². The van der Waals surface area contributed by atoms with Gasteiger partial charge in [0.1, 0.15) is 5.75 Å². The molecule has 1 aromatic rings. The molecule has 106 valence electrons. The lowest BCUT2D eigenvalue weighted by atomic mass is 10.1. The number of benzene rings is 1. The third-order valence-electron chi connectivity index (χ3n) is 2.93. The number of ether oxygens (including phenoxy) is 1. The third kappa shape index (κ3) is 5.30. The van der Waals surface area contributed by atoms with Gasteiger partial charge >= 0.3 is 0 Å². The van der Waals surface area contributed by atoms with Crippen LogP contribution in [-0.4, -0.2) is 30.3 Å². The second-order valence-electron chi connectivity index (χ2n) is 4.49. The molecule has 0 aliphatic rings. The van der Waals surface area contributed by atoms with E-state index in [-0.39, 0.29) is 18.6 Å². The Hall–Kier alpha value is -1.55. The van der Waals surface area contributed by atoms with E-state index in [1.165, 1.54) is 0 Å². The fraction of sp³-hybridized carbons (Fsp3) is 0.533. The van der Waals surface area contributed by atoms with Gasteiger partial charge in [-0.25, -0.2) is 0 Å². The second kappa shape index (κ2) is 8.53. The Bertz CT molecular complexity index is 371. The van der Waals surface area contributed by atoms with Crippen LogP contribution in [0.25, 0.3) is 0 Å². The molecule has 4 nitrogen and oxygen atoms in total. The predicted molar refractivity (Wildman–Crippen MR) is 75.5 cm³/mol. The van der Waals surface area contributed by atoms with Crippen LogP contribution in [0, 0.1) is 0 Å². The van der Waals surface area contributed by atoms with Gasteiger partial charge in [0.05, 0.1) is 19.3 Å². The van der Waals surface area contributed by atoms with E-state index in [1.54, 1.807) is 24.3 Å². The first-order chi connectivity index (χ1) is 9.21. The summed E-state index contributed by atoms with van der Waals surface area (Å²) in [5.41, 5.74) is 0.578.